The predicted molar refractivity (Wildman–Crippen MR) is 57.6 cm³/mol. The predicted octanol–water partition coefficient (Wildman–Crippen LogP) is 0.819. The van der Waals surface area contributed by atoms with Crippen LogP contribution in [-0.2, 0) is 4.79 Å². The van der Waals surface area contributed by atoms with Crippen molar-refractivity contribution in [2.45, 2.75) is 38.5 Å². The molecule has 4 N–H and O–H groups in total. The summed E-state index contributed by atoms with van der Waals surface area (Å²) in [7, 11) is 0. The van der Waals surface area contributed by atoms with Crippen LogP contribution in [0.2, 0.25) is 0 Å². The van der Waals surface area contributed by atoms with Crippen molar-refractivity contribution in [2.75, 3.05) is 6.54 Å². The fourth-order valence-electron chi connectivity index (χ4n) is 1.90. The minimum atomic E-state index is 0.0310. The van der Waals surface area contributed by atoms with Crippen molar-refractivity contribution < 1.29 is 10.0 Å². The van der Waals surface area contributed by atoms with Crippen molar-refractivity contribution in [3.8, 4) is 0 Å². The molecule has 1 aliphatic carbocycles. The molecule has 0 bridgehead atoms. The maximum atomic E-state index is 11.7. The molecule has 0 aliphatic heterocycles. The molecule has 15 heavy (non-hydrogen) atoms. The molecular formula is C10H19N3O2. The van der Waals surface area contributed by atoms with Gasteiger partial charge in [-0.05, 0) is 12.8 Å². The maximum absolute atomic E-state index is 11.7. The summed E-state index contributed by atoms with van der Waals surface area (Å²) in [6, 6.07) is 0. The second-order valence-electron chi connectivity index (χ2n) is 4.00. The third-order valence-electron chi connectivity index (χ3n) is 2.80. The molecule has 0 radical (unpaired) electrons. The summed E-state index contributed by atoms with van der Waals surface area (Å²) < 4.78 is 0. The zero-order valence-corrected chi connectivity index (χ0v) is 8.91. The van der Waals surface area contributed by atoms with Crippen LogP contribution >= 0.6 is 0 Å². The van der Waals surface area contributed by atoms with E-state index in [9.17, 15) is 4.79 Å². The van der Waals surface area contributed by atoms with E-state index in [2.05, 4.69) is 10.5 Å². The van der Waals surface area contributed by atoms with Gasteiger partial charge in [0.25, 0.3) is 0 Å². The van der Waals surface area contributed by atoms with Crippen molar-refractivity contribution in [1.82, 2.24) is 5.32 Å². The molecule has 0 heterocycles. The lowest BCUT2D eigenvalue weighted by Gasteiger charge is -2.13. The first kappa shape index (κ1) is 11.8. The number of rotatable bonds is 3. The van der Waals surface area contributed by atoms with E-state index in [4.69, 9.17) is 10.9 Å². The van der Waals surface area contributed by atoms with Crippen LogP contribution in [0.15, 0.2) is 5.16 Å². The van der Waals surface area contributed by atoms with Crippen molar-refractivity contribution >= 4 is 11.7 Å². The van der Waals surface area contributed by atoms with E-state index < -0.39 is 0 Å². The molecule has 0 aromatic heterocycles. The van der Waals surface area contributed by atoms with Gasteiger partial charge in [-0.2, -0.15) is 0 Å². The van der Waals surface area contributed by atoms with Crippen LogP contribution in [0.4, 0.5) is 0 Å². The lowest BCUT2D eigenvalue weighted by atomic mass is 9.99. The second kappa shape index (κ2) is 6.27. The molecule has 5 nitrogen and oxygen atoms in total. The highest BCUT2D eigenvalue weighted by atomic mass is 16.4. The SMILES string of the molecule is NC(CNC(=O)C1CCCCCC1)=NO. The Kier molecular flexibility index (Phi) is 4.93. The molecule has 86 valence electrons. The molecule has 1 aliphatic rings. The van der Waals surface area contributed by atoms with E-state index in [1.54, 1.807) is 0 Å². The molecule has 0 saturated heterocycles. The highest BCUT2D eigenvalue weighted by molar-refractivity contribution is 5.87. The highest BCUT2D eigenvalue weighted by Gasteiger charge is 2.19. The summed E-state index contributed by atoms with van der Waals surface area (Å²) in [6.07, 6.45) is 6.63. The van der Waals surface area contributed by atoms with Gasteiger partial charge in [0.15, 0.2) is 5.84 Å². The van der Waals surface area contributed by atoms with Gasteiger partial charge in [-0.1, -0.05) is 30.8 Å². The smallest absolute Gasteiger partial charge is 0.223 e. The molecule has 1 fully saturated rings. The number of nitrogens with two attached hydrogens (primary N) is 1. The van der Waals surface area contributed by atoms with E-state index in [1.165, 1.54) is 12.8 Å². The van der Waals surface area contributed by atoms with E-state index in [-0.39, 0.29) is 24.2 Å². The van der Waals surface area contributed by atoms with Gasteiger partial charge >= 0.3 is 0 Å². The number of amides is 1. The van der Waals surface area contributed by atoms with Crippen LogP contribution in [0, 0.1) is 5.92 Å². The van der Waals surface area contributed by atoms with Gasteiger partial charge in [0.1, 0.15) is 0 Å². The fraction of sp³-hybridized carbons (Fsp3) is 0.800. The van der Waals surface area contributed by atoms with Crippen LogP contribution in [0.1, 0.15) is 38.5 Å². The summed E-state index contributed by atoms with van der Waals surface area (Å²) in [5, 5.41) is 13.8. The number of hydrogen-bond donors (Lipinski definition) is 3. The molecule has 5 heteroatoms. The van der Waals surface area contributed by atoms with Gasteiger partial charge in [0, 0.05) is 5.92 Å². The average Bonchev–Trinajstić information content (AvgIpc) is 2.53. The third-order valence-corrected chi connectivity index (χ3v) is 2.80. The lowest BCUT2D eigenvalue weighted by molar-refractivity contribution is -0.125. The molecule has 0 atom stereocenters. The molecule has 1 rings (SSSR count). The van der Waals surface area contributed by atoms with E-state index in [0.29, 0.717) is 0 Å². The van der Waals surface area contributed by atoms with Crippen LogP contribution in [0.5, 0.6) is 0 Å². The number of nitrogens with one attached hydrogen (secondary N) is 1. The van der Waals surface area contributed by atoms with Crippen molar-refractivity contribution in [3.05, 3.63) is 0 Å². The van der Waals surface area contributed by atoms with Gasteiger partial charge in [0.05, 0.1) is 6.54 Å². The summed E-state index contributed by atoms with van der Waals surface area (Å²) in [5.74, 6) is 0.180. The first-order chi connectivity index (χ1) is 7.24. The minimum Gasteiger partial charge on any atom is -0.409 e. The quantitative estimate of drug-likeness (QED) is 0.213. The summed E-state index contributed by atoms with van der Waals surface area (Å²) in [5.41, 5.74) is 5.27. The normalized spacial score (nSPS) is 19.6. The first-order valence-corrected chi connectivity index (χ1v) is 5.48. The largest absolute Gasteiger partial charge is 0.409 e. The Hall–Kier alpha value is -1.26. The summed E-state index contributed by atoms with van der Waals surface area (Å²) >= 11 is 0. The molecule has 0 aromatic carbocycles. The van der Waals surface area contributed by atoms with Crippen LogP contribution in [0.25, 0.3) is 0 Å². The Morgan fingerprint density at radius 2 is 1.93 bits per heavy atom. The van der Waals surface area contributed by atoms with E-state index in [0.717, 1.165) is 25.7 Å². The zero-order chi connectivity index (χ0) is 11.1. The van der Waals surface area contributed by atoms with E-state index >= 15 is 0 Å². The molecule has 0 spiro atoms. The molecule has 1 amide bonds. The first-order valence-electron chi connectivity index (χ1n) is 5.48. The maximum Gasteiger partial charge on any atom is 0.223 e. The van der Waals surface area contributed by atoms with Crippen molar-refractivity contribution in [1.29, 1.82) is 0 Å². The molecule has 0 aromatic rings. The number of oxime groups is 1. The Balaban J connectivity index is 2.31. The summed E-state index contributed by atoms with van der Waals surface area (Å²) in [6.45, 7) is 0.131. The van der Waals surface area contributed by atoms with E-state index in [1.807, 2.05) is 0 Å². The van der Waals surface area contributed by atoms with Gasteiger partial charge in [-0.15, -0.1) is 0 Å². The van der Waals surface area contributed by atoms with Crippen LogP contribution in [-0.4, -0.2) is 23.5 Å². The third kappa shape index (κ3) is 4.18. The minimum absolute atomic E-state index is 0.0310. The second-order valence-corrected chi connectivity index (χ2v) is 4.00. The van der Waals surface area contributed by atoms with Crippen molar-refractivity contribution in [2.24, 2.45) is 16.8 Å². The Morgan fingerprint density at radius 1 is 1.33 bits per heavy atom. The number of hydrogen-bond acceptors (Lipinski definition) is 3. The Morgan fingerprint density at radius 3 is 2.47 bits per heavy atom. The number of carbonyl (C=O) groups excluding carboxylic acids is 1. The fourth-order valence-corrected chi connectivity index (χ4v) is 1.90. The monoisotopic (exact) mass is 213 g/mol. The summed E-state index contributed by atoms with van der Waals surface area (Å²) in [4.78, 5) is 11.7. The standard InChI is InChI=1S/C10H19N3O2/c11-9(13-15)7-12-10(14)8-5-3-1-2-4-6-8/h8,15H,1-7H2,(H2,11,13)(H,12,14). The molecule has 1 saturated carbocycles. The number of carbonyl (C=O) groups is 1. The lowest BCUT2D eigenvalue weighted by Crippen LogP contribution is -2.37. The number of nitrogens with zero attached hydrogens (tertiary/aromatic N) is 1. The zero-order valence-electron chi connectivity index (χ0n) is 8.91. The van der Waals surface area contributed by atoms with Gasteiger partial charge in [0.2, 0.25) is 5.91 Å². The van der Waals surface area contributed by atoms with Crippen LogP contribution in [0.3, 0.4) is 0 Å². The van der Waals surface area contributed by atoms with Gasteiger partial charge < -0.3 is 16.3 Å². The Bertz CT molecular complexity index is 233. The molecule has 0 unspecified atom stereocenters. The van der Waals surface area contributed by atoms with Gasteiger partial charge in [-0.25, -0.2) is 0 Å². The molecular weight excluding hydrogens is 194 g/mol. The van der Waals surface area contributed by atoms with Gasteiger partial charge in [-0.3, -0.25) is 4.79 Å². The number of amidine groups is 1. The topological polar surface area (TPSA) is 87.7 Å². The highest BCUT2D eigenvalue weighted by Crippen LogP contribution is 2.22. The van der Waals surface area contributed by atoms with Crippen LogP contribution < -0.4 is 11.1 Å². The average molecular weight is 213 g/mol. The Labute approximate surface area is 89.7 Å². The van der Waals surface area contributed by atoms with Crippen molar-refractivity contribution in [3.63, 3.8) is 0 Å².